The Bertz CT molecular complexity index is 982. The Kier molecular flexibility index (Phi) is 8.45. The zero-order valence-electron chi connectivity index (χ0n) is 20.3. The Hall–Kier alpha value is -3.55. The van der Waals surface area contributed by atoms with E-state index in [9.17, 15) is 14.4 Å². The number of anilines is 1. The van der Waals surface area contributed by atoms with Gasteiger partial charge in [-0.3, -0.25) is 9.59 Å². The van der Waals surface area contributed by atoms with Gasteiger partial charge in [0.1, 0.15) is 23.4 Å². The molecule has 2 unspecified atom stereocenters. The fraction of sp³-hybridized carbons (Fsp3) is 0.400. The van der Waals surface area contributed by atoms with Crippen molar-refractivity contribution in [2.75, 3.05) is 19.5 Å². The molecule has 0 radical (unpaired) electrons. The molecule has 0 aromatic heterocycles. The minimum absolute atomic E-state index is 0.383. The number of nitrogens with zero attached hydrogens (tertiary/aromatic N) is 1. The van der Waals surface area contributed by atoms with Crippen LogP contribution in [0.3, 0.4) is 0 Å². The normalized spacial score (nSPS) is 12.8. The van der Waals surface area contributed by atoms with E-state index in [1.54, 1.807) is 65.1 Å². The Morgan fingerprint density at radius 3 is 2.21 bits per heavy atom. The molecule has 0 spiro atoms. The molecule has 2 N–H and O–H groups in total. The number of carbonyl (C=O) groups excluding carboxylic acids is 3. The summed E-state index contributed by atoms with van der Waals surface area (Å²) in [4.78, 5) is 39.9. The van der Waals surface area contributed by atoms with Gasteiger partial charge in [-0.25, -0.2) is 4.79 Å². The van der Waals surface area contributed by atoms with E-state index < -0.39 is 29.7 Å². The van der Waals surface area contributed by atoms with E-state index in [1.807, 2.05) is 25.1 Å². The lowest BCUT2D eigenvalue weighted by Crippen LogP contribution is -2.49. The zero-order chi connectivity index (χ0) is 24.8. The number of nitrogens with one attached hydrogen (secondary N) is 2. The van der Waals surface area contributed by atoms with Crippen LogP contribution in [-0.4, -0.2) is 48.6 Å². The molecule has 8 nitrogen and oxygen atoms in total. The first-order valence-corrected chi connectivity index (χ1v) is 10.7. The maximum atomic E-state index is 13.3. The smallest absolute Gasteiger partial charge is 0.408 e. The predicted octanol–water partition coefficient (Wildman–Crippen LogP) is 4.06. The van der Waals surface area contributed by atoms with Crippen molar-refractivity contribution in [2.24, 2.45) is 0 Å². The third-order valence-corrected chi connectivity index (χ3v) is 4.80. The molecule has 0 saturated carbocycles. The van der Waals surface area contributed by atoms with Gasteiger partial charge < -0.3 is 25.0 Å². The highest BCUT2D eigenvalue weighted by Gasteiger charge is 2.32. The maximum absolute atomic E-state index is 13.3. The van der Waals surface area contributed by atoms with E-state index in [0.717, 1.165) is 5.56 Å². The van der Waals surface area contributed by atoms with Gasteiger partial charge >= 0.3 is 6.09 Å². The largest absolute Gasteiger partial charge is 0.497 e. The number of amides is 3. The number of alkyl carbamates (subject to hydrolysis) is 1. The van der Waals surface area contributed by atoms with Crippen molar-refractivity contribution in [1.82, 2.24) is 10.2 Å². The van der Waals surface area contributed by atoms with Crippen LogP contribution in [0.25, 0.3) is 0 Å². The number of benzene rings is 2. The van der Waals surface area contributed by atoms with Crippen LogP contribution < -0.4 is 15.4 Å². The number of hydrogen-bond donors (Lipinski definition) is 2. The van der Waals surface area contributed by atoms with Gasteiger partial charge in [-0.2, -0.15) is 0 Å². The molecule has 0 heterocycles. The number of aryl methyl sites for hydroxylation is 1. The van der Waals surface area contributed by atoms with Gasteiger partial charge in [0.15, 0.2) is 0 Å². The van der Waals surface area contributed by atoms with Crippen molar-refractivity contribution in [3.63, 3.8) is 0 Å². The van der Waals surface area contributed by atoms with Crippen LogP contribution >= 0.6 is 0 Å². The van der Waals surface area contributed by atoms with Crippen LogP contribution in [0, 0.1) is 6.92 Å². The summed E-state index contributed by atoms with van der Waals surface area (Å²) in [5.41, 5.74) is 1.48. The summed E-state index contributed by atoms with van der Waals surface area (Å²) in [5.74, 6) is -0.152. The minimum Gasteiger partial charge on any atom is -0.497 e. The van der Waals surface area contributed by atoms with Gasteiger partial charge in [0.25, 0.3) is 5.91 Å². The van der Waals surface area contributed by atoms with Crippen LogP contribution in [0.2, 0.25) is 0 Å². The Morgan fingerprint density at radius 1 is 1.03 bits per heavy atom. The van der Waals surface area contributed by atoms with E-state index in [1.165, 1.54) is 11.9 Å². The Labute approximate surface area is 195 Å². The highest BCUT2D eigenvalue weighted by molar-refractivity contribution is 5.98. The summed E-state index contributed by atoms with van der Waals surface area (Å²) in [6.45, 7) is 8.68. The summed E-state index contributed by atoms with van der Waals surface area (Å²) in [5, 5.41) is 5.40. The molecule has 0 aliphatic carbocycles. The van der Waals surface area contributed by atoms with E-state index in [0.29, 0.717) is 17.0 Å². The van der Waals surface area contributed by atoms with Crippen molar-refractivity contribution in [3.05, 3.63) is 59.7 Å². The summed E-state index contributed by atoms with van der Waals surface area (Å²) < 4.78 is 10.4. The standard InChI is InChI=1S/C25H33N3O5/c1-16-9-8-10-18(15-16)21(22(29)27-19-11-13-20(32-7)14-12-19)28(6)23(30)17(2)26-24(31)33-25(3,4)5/h8-15,17,21H,1-7H3,(H,26,31)(H,27,29). The number of carbonyl (C=O) groups is 3. The van der Waals surface area contributed by atoms with Crippen molar-refractivity contribution in [2.45, 2.75) is 52.3 Å². The molecular weight excluding hydrogens is 422 g/mol. The van der Waals surface area contributed by atoms with Gasteiger partial charge in [-0.1, -0.05) is 29.8 Å². The second-order valence-electron chi connectivity index (χ2n) is 8.85. The third-order valence-electron chi connectivity index (χ3n) is 4.80. The second kappa shape index (κ2) is 10.8. The molecule has 2 atom stereocenters. The molecule has 3 amide bonds. The minimum atomic E-state index is -0.914. The molecule has 0 saturated heterocycles. The molecule has 2 aromatic carbocycles. The summed E-state index contributed by atoms with van der Waals surface area (Å²) in [6.07, 6.45) is -0.702. The Morgan fingerprint density at radius 2 is 1.67 bits per heavy atom. The average molecular weight is 456 g/mol. The van der Waals surface area contributed by atoms with Crippen molar-refractivity contribution < 1.29 is 23.9 Å². The topological polar surface area (TPSA) is 97.0 Å². The quantitative estimate of drug-likeness (QED) is 0.656. The fourth-order valence-corrected chi connectivity index (χ4v) is 3.25. The first-order chi connectivity index (χ1) is 15.4. The van der Waals surface area contributed by atoms with Gasteiger partial charge in [-0.15, -0.1) is 0 Å². The molecule has 0 bridgehead atoms. The van der Waals surface area contributed by atoms with Crippen LogP contribution in [0.1, 0.15) is 44.9 Å². The first kappa shape index (κ1) is 25.7. The fourth-order valence-electron chi connectivity index (χ4n) is 3.25. The lowest BCUT2D eigenvalue weighted by atomic mass is 10.0. The predicted molar refractivity (Wildman–Crippen MR) is 127 cm³/mol. The molecule has 0 aliphatic heterocycles. The van der Waals surface area contributed by atoms with Gasteiger partial charge in [0.2, 0.25) is 5.91 Å². The highest BCUT2D eigenvalue weighted by Crippen LogP contribution is 2.24. The summed E-state index contributed by atoms with van der Waals surface area (Å²) in [6, 6.07) is 12.5. The van der Waals surface area contributed by atoms with E-state index in [-0.39, 0.29) is 5.91 Å². The third kappa shape index (κ3) is 7.52. The van der Waals surface area contributed by atoms with Crippen LogP contribution in [0.15, 0.2) is 48.5 Å². The number of hydrogen-bond acceptors (Lipinski definition) is 5. The lowest BCUT2D eigenvalue weighted by Gasteiger charge is -2.30. The lowest BCUT2D eigenvalue weighted by molar-refractivity contribution is -0.138. The molecule has 33 heavy (non-hydrogen) atoms. The van der Waals surface area contributed by atoms with Gasteiger partial charge in [-0.05, 0) is 64.4 Å². The van der Waals surface area contributed by atoms with Gasteiger partial charge in [0, 0.05) is 12.7 Å². The zero-order valence-corrected chi connectivity index (χ0v) is 20.3. The maximum Gasteiger partial charge on any atom is 0.408 e. The highest BCUT2D eigenvalue weighted by atomic mass is 16.6. The van der Waals surface area contributed by atoms with E-state index in [2.05, 4.69) is 10.6 Å². The first-order valence-electron chi connectivity index (χ1n) is 10.7. The van der Waals surface area contributed by atoms with E-state index in [4.69, 9.17) is 9.47 Å². The molecule has 0 fully saturated rings. The summed E-state index contributed by atoms with van der Waals surface area (Å²) in [7, 11) is 3.10. The molecule has 0 aliphatic rings. The number of ether oxygens (including phenoxy) is 2. The number of methoxy groups -OCH3 is 1. The second-order valence-corrected chi connectivity index (χ2v) is 8.85. The molecule has 2 aromatic rings. The van der Waals surface area contributed by atoms with Crippen LogP contribution in [0.5, 0.6) is 5.75 Å². The molecule has 8 heteroatoms. The summed E-state index contributed by atoms with van der Waals surface area (Å²) >= 11 is 0. The number of rotatable bonds is 7. The molecule has 2 rings (SSSR count). The number of likely N-dealkylation sites (N-methyl/N-ethyl adjacent to an activating group) is 1. The van der Waals surface area contributed by atoms with Crippen molar-refractivity contribution >= 4 is 23.6 Å². The van der Waals surface area contributed by atoms with Crippen molar-refractivity contribution in [1.29, 1.82) is 0 Å². The van der Waals surface area contributed by atoms with Crippen LogP contribution in [0.4, 0.5) is 10.5 Å². The monoisotopic (exact) mass is 455 g/mol. The SMILES string of the molecule is COc1ccc(NC(=O)C(c2cccc(C)c2)N(C)C(=O)C(C)NC(=O)OC(C)(C)C)cc1. The molecular formula is C25H33N3O5. The Balaban J connectivity index is 2.25. The van der Waals surface area contributed by atoms with Gasteiger partial charge in [0.05, 0.1) is 7.11 Å². The average Bonchev–Trinajstić information content (AvgIpc) is 2.72. The van der Waals surface area contributed by atoms with E-state index >= 15 is 0 Å². The van der Waals surface area contributed by atoms with Crippen LogP contribution in [-0.2, 0) is 14.3 Å². The van der Waals surface area contributed by atoms with Crippen molar-refractivity contribution in [3.8, 4) is 5.75 Å². The molecule has 178 valence electrons.